The van der Waals surface area contributed by atoms with Crippen molar-refractivity contribution in [2.45, 2.75) is 26.3 Å². The summed E-state index contributed by atoms with van der Waals surface area (Å²) in [6, 6.07) is 6.76. The number of amides is 1. The highest BCUT2D eigenvalue weighted by Gasteiger charge is 2.22. The normalized spacial score (nSPS) is 15.1. The third-order valence-electron chi connectivity index (χ3n) is 5.58. The highest BCUT2D eigenvalue weighted by atomic mass is 19.1. The second-order valence-corrected chi connectivity index (χ2v) is 7.81. The monoisotopic (exact) mass is 410 g/mol. The summed E-state index contributed by atoms with van der Waals surface area (Å²) < 4.78 is 15.2. The van der Waals surface area contributed by atoms with Gasteiger partial charge < -0.3 is 10.2 Å². The van der Waals surface area contributed by atoms with Crippen LogP contribution in [-0.4, -0.2) is 68.8 Å². The number of carbonyl (C=O) groups excluding carboxylic acids is 1. The number of piperazine rings is 1. The molecule has 0 bridgehead atoms. The van der Waals surface area contributed by atoms with E-state index >= 15 is 0 Å². The lowest BCUT2D eigenvalue weighted by atomic mass is 10.1. The Bertz CT molecular complexity index is 1010. The lowest BCUT2D eigenvalue weighted by Gasteiger charge is -2.37. The van der Waals surface area contributed by atoms with Gasteiger partial charge in [0.25, 0.3) is 0 Å². The number of imidazole rings is 1. The average Bonchev–Trinajstić information content (AvgIpc) is 3.13. The molecular weight excluding hydrogens is 383 g/mol. The molecule has 1 aliphatic rings. The zero-order chi connectivity index (χ0) is 21.1. The molecule has 0 unspecified atom stereocenters. The van der Waals surface area contributed by atoms with E-state index < -0.39 is 0 Å². The number of halogens is 1. The molecular formula is C22H27FN6O. The highest BCUT2D eigenvalue weighted by Crippen LogP contribution is 2.28. The first-order chi connectivity index (χ1) is 14.5. The molecule has 8 heteroatoms. The van der Waals surface area contributed by atoms with Gasteiger partial charge in [0.05, 0.1) is 6.20 Å². The van der Waals surface area contributed by atoms with Crippen molar-refractivity contribution in [2.75, 3.05) is 38.0 Å². The third-order valence-corrected chi connectivity index (χ3v) is 5.58. The van der Waals surface area contributed by atoms with Gasteiger partial charge >= 0.3 is 0 Å². The third kappa shape index (κ3) is 4.28. The van der Waals surface area contributed by atoms with E-state index in [1.165, 1.54) is 12.1 Å². The lowest BCUT2D eigenvalue weighted by molar-refractivity contribution is -0.132. The summed E-state index contributed by atoms with van der Waals surface area (Å²) in [6.45, 7) is 8.26. The van der Waals surface area contributed by atoms with E-state index in [0.717, 1.165) is 37.6 Å². The van der Waals surface area contributed by atoms with Crippen molar-refractivity contribution < 1.29 is 9.18 Å². The van der Waals surface area contributed by atoms with Gasteiger partial charge in [0.2, 0.25) is 5.91 Å². The molecule has 1 amide bonds. The van der Waals surface area contributed by atoms with Crippen LogP contribution in [0.15, 0.2) is 42.9 Å². The minimum Gasteiger partial charge on any atom is -0.369 e. The van der Waals surface area contributed by atoms with Gasteiger partial charge in [0, 0.05) is 63.1 Å². The van der Waals surface area contributed by atoms with Gasteiger partial charge in [-0.25, -0.2) is 9.37 Å². The molecule has 2 aromatic heterocycles. The molecule has 1 aliphatic heterocycles. The van der Waals surface area contributed by atoms with Gasteiger partial charge in [-0.15, -0.1) is 0 Å². The van der Waals surface area contributed by atoms with Crippen LogP contribution in [0.25, 0.3) is 16.9 Å². The molecule has 1 N–H and O–H groups in total. The first-order valence-electron chi connectivity index (χ1n) is 10.4. The average molecular weight is 410 g/mol. The molecule has 3 aromatic rings. The Morgan fingerprint density at radius 2 is 1.90 bits per heavy atom. The van der Waals surface area contributed by atoms with E-state index in [9.17, 15) is 9.18 Å². The molecule has 1 aromatic carbocycles. The van der Waals surface area contributed by atoms with E-state index in [0.29, 0.717) is 30.3 Å². The first-order valence-corrected chi connectivity index (χ1v) is 10.4. The van der Waals surface area contributed by atoms with Crippen LogP contribution in [0.4, 0.5) is 10.2 Å². The minimum atomic E-state index is -0.290. The molecule has 0 aliphatic carbocycles. The molecule has 0 atom stereocenters. The van der Waals surface area contributed by atoms with E-state index in [1.807, 2.05) is 15.5 Å². The number of benzene rings is 1. The largest absolute Gasteiger partial charge is 0.369 e. The van der Waals surface area contributed by atoms with Gasteiger partial charge in [-0.3, -0.25) is 19.1 Å². The summed E-state index contributed by atoms with van der Waals surface area (Å²) in [6.07, 6.45) is 5.60. The van der Waals surface area contributed by atoms with Crippen molar-refractivity contribution >= 4 is 17.4 Å². The maximum atomic E-state index is 13.3. The summed E-state index contributed by atoms with van der Waals surface area (Å²) in [5.74, 6) is 0.642. The molecule has 158 valence electrons. The first kappa shape index (κ1) is 20.3. The smallest absolute Gasteiger partial charge is 0.224 e. The van der Waals surface area contributed by atoms with Crippen LogP contribution < -0.4 is 5.32 Å². The maximum Gasteiger partial charge on any atom is 0.224 e. The number of anilines is 1. The van der Waals surface area contributed by atoms with Crippen molar-refractivity contribution in [1.82, 2.24) is 24.2 Å². The fraction of sp³-hybridized carbons (Fsp3) is 0.409. The van der Waals surface area contributed by atoms with E-state index in [1.54, 1.807) is 24.5 Å². The number of hydrogen-bond donors (Lipinski definition) is 1. The molecule has 0 radical (unpaired) electrons. The van der Waals surface area contributed by atoms with Crippen molar-refractivity contribution in [3.05, 3.63) is 48.7 Å². The Morgan fingerprint density at radius 1 is 1.17 bits per heavy atom. The number of nitrogens with zero attached hydrogens (tertiary/aromatic N) is 5. The summed E-state index contributed by atoms with van der Waals surface area (Å²) in [7, 11) is 0. The van der Waals surface area contributed by atoms with Crippen molar-refractivity contribution in [3.63, 3.8) is 0 Å². The van der Waals surface area contributed by atoms with E-state index in [-0.39, 0.29) is 11.7 Å². The zero-order valence-corrected chi connectivity index (χ0v) is 17.4. The fourth-order valence-electron chi connectivity index (χ4n) is 3.82. The highest BCUT2D eigenvalue weighted by molar-refractivity contribution is 5.79. The predicted molar refractivity (Wildman–Crippen MR) is 115 cm³/mol. The van der Waals surface area contributed by atoms with Gasteiger partial charge in [-0.05, 0) is 38.1 Å². The lowest BCUT2D eigenvalue weighted by Crippen LogP contribution is -2.50. The quantitative estimate of drug-likeness (QED) is 0.677. The standard InChI is InChI=1S/C22H27FN6O/c1-16(2)27-11-13-28(14-12-27)20(30)7-8-25-22-21(17-3-5-18(23)6-4-17)26-19-15-24-9-10-29(19)22/h3-6,9-10,15-16,25H,7-8,11-14H2,1-2H3. The Kier molecular flexibility index (Phi) is 5.94. The van der Waals surface area contributed by atoms with Crippen LogP contribution in [0.5, 0.6) is 0 Å². The van der Waals surface area contributed by atoms with Gasteiger partial charge in [0.15, 0.2) is 5.65 Å². The van der Waals surface area contributed by atoms with Gasteiger partial charge in [-0.2, -0.15) is 0 Å². The van der Waals surface area contributed by atoms with Crippen molar-refractivity contribution in [1.29, 1.82) is 0 Å². The van der Waals surface area contributed by atoms with Crippen LogP contribution in [0.3, 0.4) is 0 Å². The Labute approximate surface area is 175 Å². The number of fused-ring (bicyclic) bond motifs is 1. The molecule has 3 heterocycles. The molecule has 0 saturated carbocycles. The van der Waals surface area contributed by atoms with Crippen LogP contribution in [0.2, 0.25) is 0 Å². The van der Waals surface area contributed by atoms with Crippen LogP contribution in [-0.2, 0) is 4.79 Å². The number of nitrogens with one attached hydrogen (secondary N) is 1. The Balaban J connectivity index is 1.44. The Hall–Kier alpha value is -3.00. The molecule has 1 saturated heterocycles. The van der Waals surface area contributed by atoms with Crippen molar-refractivity contribution in [2.24, 2.45) is 0 Å². The van der Waals surface area contributed by atoms with Gasteiger partial charge in [0.1, 0.15) is 17.3 Å². The number of carbonyl (C=O) groups is 1. The second-order valence-electron chi connectivity index (χ2n) is 7.81. The summed E-state index contributed by atoms with van der Waals surface area (Å²) >= 11 is 0. The van der Waals surface area contributed by atoms with Crippen LogP contribution in [0.1, 0.15) is 20.3 Å². The Morgan fingerprint density at radius 3 is 2.60 bits per heavy atom. The van der Waals surface area contributed by atoms with Gasteiger partial charge in [-0.1, -0.05) is 0 Å². The fourth-order valence-corrected chi connectivity index (χ4v) is 3.82. The number of aromatic nitrogens is 3. The summed E-state index contributed by atoms with van der Waals surface area (Å²) in [5.41, 5.74) is 2.20. The van der Waals surface area contributed by atoms with Crippen molar-refractivity contribution in [3.8, 4) is 11.3 Å². The van der Waals surface area contributed by atoms with E-state index in [2.05, 4.69) is 34.0 Å². The molecule has 1 fully saturated rings. The SMILES string of the molecule is CC(C)N1CCN(C(=O)CCNc2c(-c3ccc(F)cc3)nc3cnccn23)CC1. The molecule has 0 spiro atoms. The minimum absolute atomic E-state index is 0.157. The summed E-state index contributed by atoms with van der Waals surface area (Å²) in [4.78, 5) is 25.8. The maximum absolute atomic E-state index is 13.3. The topological polar surface area (TPSA) is 65.8 Å². The summed E-state index contributed by atoms with van der Waals surface area (Å²) in [5, 5.41) is 3.37. The molecule has 30 heavy (non-hydrogen) atoms. The predicted octanol–water partition coefficient (Wildman–Crippen LogP) is 2.89. The molecule has 4 rings (SSSR count). The number of hydrogen-bond acceptors (Lipinski definition) is 5. The number of rotatable bonds is 6. The van der Waals surface area contributed by atoms with Crippen LogP contribution >= 0.6 is 0 Å². The zero-order valence-electron chi connectivity index (χ0n) is 17.4. The second kappa shape index (κ2) is 8.79. The van der Waals surface area contributed by atoms with Crippen LogP contribution in [0, 0.1) is 5.82 Å². The molecule has 7 nitrogen and oxygen atoms in total. The van der Waals surface area contributed by atoms with E-state index in [4.69, 9.17) is 0 Å².